The Morgan fingerprint density at radius 2 is 1.83 bits per heavy atom. The number of hydrogen-bond donors (Lipinski definition) is 0. The summed E-state index contributed by atoms with van der Waals surface area (Å²) in [6.07, 6.45) is 3.66. The molecule has 1 aliphatic rings. The molecule has 2 heterocycles. The molecule has 0 fully saturated rings. The first-order chi connectivity index (χ1) is 5.77. The molecule has 1 aliphatic heterocycles. The lowest BCUT2D eigenvalue weighted by Crippen LogP contribution is -2.01. The average Bonchev–Trinajstić information content (AvgIpc) is 2.46. The van der Waals surface area contributed by atoms with Crippen LogP contribution >= 0.6 is 0 Å². The van der Waals surface area contributed by atoms with Crippen molar-refractivity contribution in [1.82, 2.24) is 4.57 Å². The highest BCUT2D eigenvalue weighted by molar-refractivity contribution is 5.76. The summed E-state index contributed by atoms with van der Waals surface area (Å²) in [5, 5.41) is 7.78. The van der Waals surface area contributed by atoms with Gasteiger partial charge in [0.1, 0.15) is 0 Å². The highest BCUT2D eigenvalue weighted by Gasteiger charge is 2.10. The summed E-state index contributed by atoms with van der Waals surface area (Å²) in [6, 6.07) is 0. The molecule has 0 unspecified atom stereocenters. The van der Waals surface area contributed by atoms with Crippen LogP contribution in [0, 0.1) is 0 Å². The Labute approximate surface area is 69.9 Å². The second-order valence-electron chi connectivity index (χ2n) is 2.83. The topological polar surface area (TPSA) is 46.7 Å². The van der Waals surface area contributed by atoms with Crippen molar-refractivity contribution in [2.45, 2.75) is 20.0 Å². The third-order valence-corrected chi connectivity index (χ3v) is 1.95. The summed E-state index contributed by atoms with van der Waals surface area (Å²) >= 11 is 0. The van der Waals surface area contributed by atoms with Gasteiger partial charge >= 0.3 is 0 Å². The van der Waals surface area contributed by atoms with E-state index in [4.69, 9.17) is 0 Å². The summed E-state index contributed by atoms with van der Waals surface area (Å²) in [5.74, 6) is 0.0319. The maximum Gasteiger partial charge on any atom is 0.227 e. The number of carbonyl (C=O) groups excluding carboxylic acids is 1. The van der Waals surface area contributed by atoms with Crippen LogP contribution in [0.4, 0.5) is 0 Å². The first kappa shape index (κ1) is 7.21. The van der Waals surface area contributed by atoms with Gasteiger partial charge in [-0.05, 0) is 11.1 Å². The fourth-order valence-corrected chi connectivity index (χ4v) is 1.26. The monoisotopic (exact) mass is 163 g/mol. The number of hydrogen-bond acceptors (Lipinski definition) is 3. The van der Waals surface area contributed by atoms with Crippen molar-refractivity contribution >= 4 is 5.91 Å². The predicted molar refractivity (Wildman–Crippen MR) is 43.0 cm³/mol. The fraction of sp³-hybridized carbons (Fsp3) is 0.375. The molecule has 1 aromatic rings. The molecule has 4 nitrogen and oxygen atoms in total. The van der Waals surface area contributed by atoms with E-state index in [0.717, 1.165) is 11.1 Å². The van der Waals surface area contributed by atoms with Gasteiger partial charge in [-0.3, -0.25) is 9.36 Å². The summed E-state index contributed by atoms with van der Waals surface area (Å²) < 4.78 is 1.58. The van der Waals surface area contributed by atoms with Crippen LogP contribution in [0.3, 0.4) is 0 Å². The van der Waals surface area contributed by atoms with Crippen LogP contribution in [0.15, 0.2) is 22.6 Å². The molecule has 0 aliphatic carbocycles. The van der Waals surface area contributed by atoms with Crippen LogP contribution < -0.4 is 0 Å². The number of fused-ring (bicyclic) bond motifs is 1. The lowest BCUT2D eigenvalue weighted by Gasteiger charge is -2.00. The van der Waals surface area contributed by atoms with Crippen LogP contribution in [0.5, 0.6) is 0 Å². The van der Waals surface area contributed by atoms with Gasteiger partial charge in [0.2, 0.25) is 5.91 Å². The van der Waals surface area contributed by atoms with Gasteiger partial charge in [-0.1, -0.05) is 0 Å². The molecule has 0 amide bonds. The standard InChI is InChI=1S/C8H9N3O/c1-6(12)11-4-7-2-9-10-3-8(7)5-11/h4-5H,2-3H2,1H3. The molecule has 0 atom stereocenters. The predicted octanol–water partition coefficient (Wildman–Crippen LogP) is 1.61. The molecular weight excluding hydrogens is 154 g/mol. The number of rotatable bonds is 0. The Hall–Kier alpha value is -1.45. The van der Waals surface area contributed by atoms with Gasteiger partial charge in [-0.25, -0.2) is 0 Å². The number of carbonyl (C=O) groups is 1. The molecule has 0 N–H and O–H groups in total. The van der Waals surface area contributed by atoms with Crippen molar-refractivity contribution < 1.29 is 4.79 Å². The Balaban J connectivity index is 2.41. The largest absolute Gasteiger partial charge is 0.294 e. The third-order valence-electron chi connectivity index (χ3n) is 1.95. The Bertz CT molecular complexity index is 326. The molecule has 0 bridgehead atoms. The molecule has 62 valence electrons. The Kier molecular flexibility index (Phi) is 1.53. The van der Waals surface area contributed by atoms with Crippen LogP contribution in [-0.4, -0.2) is 10.5 Å². The van der Waals surface area contributed by atoms with Crippen molar-refractivity contribution in [2.24, 2.45) is 10.2 Å². The van der Waals surface area contributed by atoms with E-state index in [1.807, 2.05) is 12.4 Å². The van der Waals surface area contributed by atoms with Crippen LogP contribution in [-0.2, 0) is 13.1 Å². The van der Waals surface area contributed by atoms with Crippen molar-refractivity contribution in [3.63, 3.8) is 0 Å². The molecule has 4 heteroatoms. The zero-order valence-corrected chi connectivity index (χ0v) is 6.82. The molecular formula is C8H9N3O. The second kappa shape index (κ2) is 2.55. The first-order valence-electron chi connectivity index (χ1n) is 3.81. The average molecular weight is 163 g/mol. The first-order valence-corrected chi connectivity index (χ1v) is 3.81. The Morgan fingerprint density at radius 1 is 1.33 bits per heavy atom. The minimum absolute atomic E-state index is 0.0319. The van der Waals surface area contributed by atoms with Gasteiger partial charge in [0.15, 0.2) is 0 Å². The molecule has 0 radical (unpaired) electrons. The third kappa shape index (κ3) is 1.05. The zero-order chi connectivity index (χ0) is 8.55. The van der Waals surface area contributed by atoms with E-state index in [0.29, 0.717) is 13.1 Å². The molecule has 0 saturated heterocycles. The van der Waals surface area contributed by atoms with Gasteiger partial charge < -0.3 is 0 Å². The molecule has 0 spiro atoms. The van der Waals surface area contributed by atoms with Crippen molar-refractivity contribution in [3.8, 4) is 0 Å². The highest BCUT2D eigenvalue weighted by atomic mass is 16.1. The zero-order valence-electron chi connectivity index (χ0n) is 6.82. The van der Waals surface area contributed by atoms with Crippen LogP contribution in [0.2, 0.25) is 0 Å². The quantitative estimate of drug-likeness (QED) is 0.573. The van der Waals surface area contributed by atoms with E-state index >= 15 is 0 Å². The van der Waals surface area contributed by atoms with Gasteiger partial charge in [0.25, 0.3) is 0 Å². The molecule has 0 aromatic carbocycles. The van der Waals surface area contributed by atoms with E-state index in [2.05, 4.69) is 10.2 Å². The highest BCUT2D eigenvalue weighted by Crippen LogP contribution is 2.17. The SMILES string of the molecule is CC(=O)n1cc2c(c1)CN=NC2. The minimum atomic E-state index is 0.0319. The van der Waals surface area contributed by atoms with Crippen molar-refractivity contribution in [3.05, 3.63) is 23.5 Å². The molecule has 2 rings (SSSR count). The maximum atomic E-state index is 11.0. The fourth-order valence-electron chi connectivity index (χ4n) is 1.26. The number of nitrogens with zero attached hydrogens (tertiary/aromatic N) is 3. The van der Waals surface area contributed by atoms with Crippen LogP contribution in [0.25, 0.3) is 0 Å². The lowest BCUT2D eigenvalue weighted by molar-refractivity contribution is 0.0936. The molecule has 0 saturated carbocycles. The van der Waals surface area contributed by atoms with Crippen LogP contribution in [0.1, 0.15) is 22.8 Å². The van der Waals surface area contributed by atoms with E-state index in [-0.39, 0.29) is 5.91 Å². The van der Waals surface area contributed by atoms with E-state index in [1.165, 1.54) is 0 Å². The smallest absolute Gasteiger partial charge is 0.227 e. The van der Waals surface area contributed by atoms with Crippen molar-refractivity contribution in [1.29, 1.82) is 0 Å². The van der Waals surface area contributed by atoms with Gasteiger partial charge in [-0.15, -0.1) is 0 Å². The Morgan fingerprint density at radius 3 is 2.25 bits per heavy atom. The van der Waals surface area contributed by atoms with E-state index in [9.17, 15) is 4.79 Å². The van der Waals surface area contributed by atoms with Crippen molar-refractivity contribution in [2.75, 3.05) is 0 Å². The lowest BCUT2D eigenvalue weighted by atomic mass is 10.2. The molecule has 12 heavy (non-hydrogen) atoms. The minimum Gasteiger partial charge on any atom is -0.294 e. The van der Waals surface area contributed by atoms with Gasteiger partial charge in [-0.2, -0.15) is 10.2 Å². The second-order valence-corrected chi connectivity index (χ2v) is 2.83. The number of aromatic nitrogens is 1. The van der Waals surface area contributed by atoms with Gasteiger partial charge in [0, 0.05) is 19.3 Å². The number of azo groups is 1. The normalized spacial score (nSPS) is 14.4. The van der Waals surface area contributed by atoms with E-state index < -0.39 is 0 Å². The van der Waals surface area contributed by atoms with E-state index in [1.54, 1.807) is 11.5 Å². The van der Waals surface area contributed by atoms with Gasteiger partial charge in [0.05, 0.1) is 13.1 Å². The maximum absolute atomic E-state index is 11.0. The summed E-state index contributed by atoms with van der Waals surface area (Å²) in [6.45, 7) is 2.75. The summed E-state index contributed by atoms with van der Waals surface area (Å²) in [5.41, 5.74) is 2.22. The summed E-state index contributed by atoms with van der Waals surface area (Å²) in [4.78, 5) is 11.0. The summed E-state index contributed by atoms with van der Waals surface area (Å²) in [7, 11) is 0. The molecule has 1 aromatic heterocycles.